The van der Waals surface area contributed by atoms with E-state index >= 15 is 0 Å². The molecular weight excluding hydrogens is 262 g/mol. The summed E-state index contributed by atoms with van der Waals surface area (Å²) in [4.78, 5) is 16.9. The number of hydrogen-bond acceptors (Lipinski definition) is 3. The van der Waals surface area contributed by atoms with Gasteiger partial charge in [-0.05, 0) is 43.1 Å². The van der Waals surface area contributed by atoms with E-state index in [1.807, 2.05) is 4.90 Å². The van der Waals surface area contributed by atoms with Crippen LogP contribution in [0.1, 0.15) is 36.2 Å². The van der Waals surface area contributed by atoms with Crippen molar-refractivity contribution in [3.05, 3.63) is 35.4 Å². The standard InChI is InChI=1S/C17H23N3O/c1-14(2)13-19-8-3-9-20(11-10-19)17(21)16-6-4-15(12-18)5-7-16/h4-7,14H,3,8-11,13H2,1-2H3. The molecule has 1 amide bonds. The Morgan fingerprint density at radius 2 is 1.90 bits per heavy atom. The van der Waals surface area contributed by atoms with Gasteiger partial charge in [-0.1, -0.05) is 13.8 Å². The van der Waals surface area contributed by atoms with Crippen molar-refractivity contribution in [3.63, 3.8) is 0 Å². The van der Waals surface area contributed by atoms with E-state index in [0.29, 0.717) is 17.0 Å². The van der Waals surface area contributed by atoms with Gasteiger partial charge in [-0.3, -0.25) is 4.79 Å². The molecule has 4 heteroatoms. The van der Waals surface area contributed by atoms with Gasteiger partial charge in [0.1, 0.15) is 0 Å². The van der Waals surface area contributed by atoms with Gasteiger partial charge in [0.2, 0.25) is 0 Å². The summed E-state index contributed by atoms with van der Waals surface area (Å²) in [6, 6.07) is 8.98. The molecule has 1 saturated heterocycles. The van der Waals surface area contributed by atoms with Gasteiger partial charge in [-0.25, -0.2) is 0 Å². The lowest BCUT2D eigenvalue weighted by Gasteiger charge is -2.23. The molecule has 0 aliphatic carbocycles. The zero-order valence-corrected chi connectivity index (χ0v) is 12.9. The summed E-state index contributed by atoms with van der Waals surface area (Å²) in [5, 5.41) is 8.80. The molecular formula is C17H23N3O. The van der Waals surface area contributed by atoms with Crippen LogP contribution >= 0.6 is 0 Å². The van der Waals surface area contributed by atoms with Crippen LogP contribution in [0.5, 0.6) is 0 Å². The van der Waals surface area contributed by atoms with Gasteiger partial charge in [0, 0.05) is 31.7 Å². The molecule has 1 aliphatic rings. The number of rotatable bonds is 3. The van der Waals surface area contributed by atoms with Crippen molar-refractivity contribution in [1.29, 1.82) is 5.26 Å². The third kappa shape index (κ3) is 4.30. The molecule has 1 fully saturated rings. The average molecular weight is 285 g/mol. The fourth-order valence-electron chi connectivity index (χ4n) is 2.74. The summed E-state index contributed by atoms with van der Waals surface area (Å²) < 4.78 is 0. The largest absolute Gasteiger partial charge is 0.337 e. The third-order valence-electron chi connectivity index (χ3n) is 3.76. The number of carbonyl (C=O) groups excluding carboxylic acids is 1. The first kappa shape index (κ1) is 15.5. The maximum absolute atomic E-state index is 12.5. The Kier molecular flexibility index (Phi) is 5.35. The predicted octanol–water partition coefficient (Wildman–Crippen LogP) is 2.36. The van der Waals surface area contributed by atoms with Crippen LogP contribution in [0.2, 0.25) is 0 Å². The first-order valence-corrected chi connectivity index (χ1v) is 7.62. The van der Waals surface area contributed by atoms with Crippen molar-refractivity contribution < 1.29 is 4.79 Å². The van der Waals surface area contributed by atoms with Crippen molar-refractivity contribution in [2.45, 2.75) is 20.3 Å². The lowest BCUT2D eigenvalue weighted by molar-refractivity contribution is 0.0761. The predicted molar refractivity (Wildman–Crippen MR) is 83.0 cm³/mol. The second kappa shape index (κ2) is 7.24. The number of nitriles is 1. The van der Waals surface area contributed by atoms with Gasteiger partial charge < -0.3 is 9.80 Å². The number of hydrogen-bond donors (Lipinski definition) is 0. The van der Waals surface area contributed by atoms with Crippen LogP contribution in [0.4, 0.5) is 0 Å². The van der Waals surface area contributed by atoms with E-state index in [9.17, 15) is 4.79 Å². The van der Waals surface area contributed by atoms with Crippen LogP contribution < -0.4 is 0 Å². The first-order chi connectivity index (χ1) is 10.1. The lowest BCUT2D eigenvalue weighted by Crippen LogP contribution is -2.36. The molecule has 2 rings (SSSR count). The topological polar surface area (TPSA) is 47.3 Å². The van der Waals surface area contributed by atoms with Crippen LogP contribution in [0, 0.1) is 17.2 Å². The van der Waals surface area contributed by atoms with E-state index in [-0.39, 0.29) is 5.91 Å². The Morgan fingerprint density at radius 3 is 2.52 bits per heavy atom. The van der Waals surface area contributed by atoms with Gasteiger partial charge in [-0.2, -0.15) is 5.26 Å². The summed E-state index contributed by atoms with van der Waals surface area (Å²) >= 11 is 0. The average Bonchev–Trinajstić information content (AvgIpc) is 2.71. The van der Waals surface area contributed by atoms with E-state index in [0.717, 1.165) is 39.1 Å². The minimum absolute atomic E-state index is 0.0749. The molecule has 0 aromatic heterocycles. The minimum atomic E-state index is 0.0749. The molecule has 0 N–H and O–H groups in total. The fourth-order valence-corrected chi connectivity index (χ4v) is 2.74. The molecule has 1 aliphatic heterocycles. The molecule has 1 aromatic carbocycles. The zero-order chi connectivity index (χ0) is 15.2. The van der Waals surface area contributed by atoms with Crippen LogP contribution in [0.25, 0.3) is 0 Å². The highest BCUT2D eigenvalue weighted by Gasteiger charge is 2.20. The number of amides is 1. The molecule has 0 radical (unpaired) electrons. The SMILES string of the molecule is CC(C)CN1CCCN(C(=O)c2ccc(C#N)cc2)CC1. The van der Waals surface area contributed by atoms with Gasteiger partial charge in [0.05, 0.1) is 11.6 Å². The molecule has 0 bridgehead atoms. The van der Waals surface area contributed by atoms with E-state index < -0.39 is 0 Å². The van der Waals surface area contributed by atoms with Crippen LogP contribution in [0.3, 0.4) is 0 Å². The maximum atomic E-state index is 12.5. The maximum Gasteiger partial charge on any atom is 0.253 e. The highest BCUT2D eigenvalue weighted by Crippen LogP contribution is 2.11. The Bertz CT molecular complexity index is 516. The summed E-state index contributed by atoms with van der Waals surface area (Å²) in [5.41, 5.74) is 1.26. The third-order valence-corrected chi connectivity index (χ3v) is 3.76. The van der Waals surface area contributed by atoms with Crippen molar-refractivity contribution in [1.82, 2.24) is 9.80 Å². The van der Waals surface area contributed by atoms with Crippen LogP contribution in [0.15, 0.2) is 24.3 Å². The van der Waals surface area contributed by atoms with E-state index in [1.165, 1.54) is 0 Å². The first-order valence-electron chi connectivity index (χ1n) is 7.62. The Hall–Kier alpha value is -1.86. The number of carbonyl (C=O) groups is 1. The quantitative estimate of drug-likeness (QED) is 0.856. The Morgan fingerprint density at radius 1 is 1.19 bits per heavy atom. The van der Waals surface area contributed by atoms with Crippen molar-refractivity contribution >= 4 is 5.91 Å². The highest BCUT2D eigenvalue weighted by atomic mass is 16.2. The summed E-state index contributed by atoms with van der Waals surface area (Å²) in [5.74, 6) is 0.733. The molecule has 0 unspecified atom stereocenters. The molecule has 0 spiro atoms. The Labute approximate surface area is 127 Å². The molecule has 21 heavy (non-hydrogen) atoms. The monoisotopic (exact) mass is 285 g/mol. The smallest absolute Gasteiger partial charge is 0.253 e. The fraction of sp³-hybridized carbons (Fsp3) is 0.529. The second-order valence-corrected chi connectivity index (χ2v) is 6.03. The summed E-state index contributed by atoms with van der Waals surface area (Å²) in [6.45, 7) is 9.16. The highest BCUT2D eigenvalue weighted by molar-refractivity contribution is 5.94. The minimum Gasteiger partial charge on any atom is -0.337 e. The normalized spacial score (nSPS) is 16.6. The van der Waals surface area contributed by atoms with Gasteiger partial charge in [0.25, 0.3) is 5.91 Å². The number of benzene rings is 1. The van der Waals surface area contributed by atoms with Crippen molar-refractivity contribution in [2.24, 2.45) is 5.92 Å². The summed E-state index contributed by atoms with van der Waals surface area (Å²) in [7, 11) is 0. The molecule has 0 saturated carbocycles. The second-order valence-electron chi connectivity index (χ2n) is 6.03. The van der Waals surface area contributed by atoms with Crippen molar-refractivity contribution in [2.75, 3.05) is 32.7 Å². The van der Waals surface area contributed by atoms with Gasteiger partial charge in [0.15, 0.2) is 0 Å². The molecule has 1 heterocycles. The lowest BCUT2D eigenvalue weighted by atomic mass is 10.1. The molecule has 0 atom stereocenters. The van der Waals surface area contributed by atoms with E-state index in [1.54, 1.807) is 24.3 Å². The van der Waals surface area contributed by atoms with Crippen LogP contribution in [-0.2, 0) is 0 Å². The van der Waals surface area contributed by atoms with Gasteiger partial charge in [-0.15, -0.1) is 0 Å². The molecule has 4 nitrogen and oxygen atoms in total. The Balaban J connectivity index is 1.98. The molecule has 112 valence electrons. The zero-order valence-electron chi connectivity index (χ0n) is 12.9. The van der Waals surface area contributed by atoms with Crippen LogP contribution in [-0.4, -0.2) is 48.4 Å². The van der Waals surface area contributed by atoms with E-state index in [4.69, 9.17) is 5.26 Å². The molecule has 1 aromatic rings. The summed E-state index contributed by atoms with van der Waals surface area (Å²) in [6.07, 6.45) is 1.02. The van der Waals surface area contributed by atoms with E-state index in [2.05, 4.69) is 24.8 Å². The van der Waals surface area contributed by atoms with Crippen molar-refractivity contribution in [3.8, 4) is 6.07 Å². The van der Waals surface area contributed by atoms with Gasteiger partial charge >= 0.3 is 0 Å². The number of nitrogens with zero attached hydrogens (tertiary/aromatic N) is 3.